The quantitative estimate of drug-likeness (QED) is 0.784. The van der Waals surface area contributed by atoms with Gasteiger partial charge in [-0.05, 0) is 56.9 Å². The zero-order valence-corrected chi connectivity index (χ0v) is 11.1. The zero-order chi connectivity index (χ0) is 13.7. The van der Waals surface area contributed by atoms with Gasteiger partial charge < -0.3 is 9.47 Å². The van der Waals surface area contributed by atoms with Crippen molar-refractivity contribution in [3.05, 3.63) is 30.1 Å². The molecule has 104 valence electrons. The van der Waals surface area contributed by atoms with Crippen molar-refractivity contribution in [2.24, 2.45) is 5.92 Å². The van der Waals surface area contributed by atoms with Gasteiger partial charge in [0.2, 0.25) is 0 Å². The minimum absolute atomic E-state index is 0.00742. The van der Waals surface area contributed by atoms with Crippen LogP contribution in [-0.2, 0) is 9.53 Å². The largest absolute Gasteiger partial charge is 0.490 e. The molecule has 0 heterocycles. The van der Waals surface area contributed by atoms with Gasteiger partial charge in [-0.15, -0.1) is 0 Å². The van der Waals surface area contributed by atoms with Gasteiger partial charge in [0.05, 0.1) is 18.6 Å². The topological polar surface area (TPSA) is 35.5 Å². The number of rotatable bonds is 4. The molecule has 0 atom stereocenters. The van der Waals surface area contributed by atoms with E-state index in [1.807, 2.05) is 6.92 Å². The number of benzene rings is 1. The van der Waals surface area contributed by atoms with E-state index in [0.29, 0.717) is 12.4 Å². The fraction of sp³-hybridized carbons (Fsp3) is 0.533. The summed E-state index contributed by atoms with van der Waals surface area (Å²) < 4.78 is 23.6. The summed E-state index contributed by atoms with van der Waals surface area (Å²) in [5.41, 5.74) is 0. The minimum Gasteiger partial charge on any atom is -0.490 e. The van der Waals surface area contributed by atoms with E-state index in [-0.39, 0.29) is 23.8 Å². The summed E-state index contributed by atoms with van der Waals surface area (Å²) in [6.45, 7) is 2.26. The predicted octanol–water partition coefficient (Wildman–Crippen LogP) is 3.33. The highest BCUT2D eigenvalue weighted by Crippen LogP contribution is 2.28. The first-order valence-corrected chi connectivity index (χ1v) is 6.78. The van der Waals surface area contributed by atoms with Crippen molar-refractivity contribution < 1.29 is 18.7 Å². The van der Waals surface area contributed by atoms with Crippen LogP contribution in [-0.4, -0.2) is 18.7 Å². The van der Waals surface area contributed by atoms with E-state index in [1.165, 1.54) is 12.1 Å². The zero-order valence-electron chi connectivity index (χ0n) is 11.1. The van der Waals surface area contributed by atoms with Crippen LogP contribution in [0.3, 0.4) is 0 Å². The third kappa shape index (κ3) is 3.94. The van der Waals surface area contributed by atoms with Crippen molar-refractivity contribution in [3.63, 3.8) is 0 Å². The molecule has 1 aromatic carbocycles. The fourth-order valence-corrected chi connectivity index (χ4v) is 2.38. The number of ether oxygens (including phenoxy) is 2. The number of esters is 1. The van der Waals surface area contributed by atoms with Crippen molar-refractivity contribution in [3.8, 4) is 5.75 Å². The summed E-state index contributed by atoms with van der Waals surface area (Å²) in [4.78, 5) is 11.6. The molecule has 0 saturated heterocycles. The van der Waals surface area contributed by atoms with Crippen LogP contribution in [0.2, 0.25) is 0 Å². The molecule has 0 aliphatic heterocycles. The van der Waals surface area contributed by atoms with Gasteiger partial charge in [-0.2, -0.15) is 0 Å². The summed E-state index contributed by atoms with van der Waals surface area (Å²) in [6.07, 6.45) is 3.37. The van der Waals surface area contributed by atoms with Crippen LogP contribution in [0, 0.1) is 11.7 Å². The smallest absolute Gasteiger partial charge is 0.308 e. The third-order valence-corrected chi connectivity index (χ3v) is 3.41. The third-order valence-electron chi connectivity index (χ3n) is 3.41. The summed E-state index contributed by atoms with van der Waals surface area (Å²) >= 11 is 0. The van der Waals surface area contributed by atoms with Crippen LogP contribution >= 0.6 is 0 Å². The van der Waals surface area contributed by atoms with Gasteiger partial charge in [0.15, 0.2) is 0 Å². The summed E-state index contributed by atoms with van der Waals surface area (Å²) in [7, 11) is 0. The molecule has 1 saturated carbocycles. The fourth-order valence-electron chi connectivity index (χ4n) is 2.38. The Labute approximate surface area is 112 Å². The lowest BCUT2D eigenvalue weighted by Gasteiger charge is -2.27. The average Bonchev–Trinajstić information content (AvgIpc) is 2.42. The van der Waals surface area contributed by atoms with Crippen LogP contribution in [0.1, 0.15) is 32.6 Å². The average molecular weight is 266 g/mol. The lowest BCUT2D eigenvalue weighted by Crippen LogP contribution is -2.29. The number of hydrogen-bond donors (Lipinski definition) is 0. The molecule has 1 aliphatic carbocycles. The molecule has 0 aromatic heterocycles. The highest BCUT2D eigenvalue weighted by molar-refractivity contribution is 5.72. The number of carbonyl (C=O) groups is 1. The van der Waals surface area contributed by atoms with Crippen LogP contribution in [0.15, 0.2) is 24.3 Å². The molecular formula is C15H19FO3. The van der Waals surface area contributed by atoms with Gasteiger partial charge in [0.1, 0.15) is 11.6 Å². The van der Waals surface area contributed by atoms with Crippen LogP contribution in [0.25, 0.3) is 0 Å². The lowest BCUT2D eigenvalue weighted by molar-refractivity contribution is -0.149. The molecule has 0 spiro atoms. The molecule has 1 aromatic rings. The highest BCUT2D eigenvalue weighted by atomic mass is 19.1. The monoisotopic (exact) mass is 266 g/mol. The molecule has 2 rings (SSSR count). The SMILES string of the molecule is CCOC(=O)[C@H]1CC[C@@H](Oc2ccc(F)cc2)CC1. The second kappa shape index (κ2) is 6.55. The molecule has 0 unspecified atom stereocenters. The van der Waals surface area contributed by atoms with E-state index in [2.05, 4.69) is 0 Å². The van der Waals surface area contributed by atoms with E-state index < -0.39 is 0 Å². The maximum atomic E-state index is 12.8. The highest BCUT2D eigenvalue weighted by Gasteiger charge is 2.28. The van der Waals surface area contributed by atoms with Crippen LogP contribution in [0.5, 0.6) is 5.75 Å². The standard InChI is InChI=1S/C15H19FO3/c1-2-18-15(17)11-3-7-13(8-4-11)19-14-9-5-12(16)6-10-14/h5-6,9-11,13H,2-4,7-8H2,1H3/t11-,13+. The Kier molecular flexibility index (Phi) is 4.77. The number of carbonyl (C=O) groups excluding carboxylic acids is 1. The molecule has 1 fully saturated rings. The van der Waals surface area contributed by atoms with E-state index in [9.17, 15) is 9.18 Å². The molecule has 0 N–H and O–H groups in total. The van der Waals surface area contributed by atoms with Crippen molar-refractivity contribution in [1.29, 1.82) is 0 Å². The van der Waals surface area contributed by atoms with E-state index in [4.69, 9.17) is 9.47 Å². The molecule has 3 nitrogen and oxygen atoms in total. The Morgan fingerprint density at radius 3 is 2.42 bits per heavy atom. The van der Waals surface area contributed by atoms with Crippen LogP contribution < -0.4 is 4.74 Å². The van der Waals surface area contributed by atoms with Gasteiger partial charge >= 0.3 is 5.97 Å². The Bertz CT molecular complexity index is 408. The first kappa shape index (κ1) is 13.8. The normalized spacial score (nSPS) is 22.8. The Morgan fingerprint density at radius 2 is 1.84 bits per heavy atom. The van der Waals surface area contributed by atoms with Crippen molar-refractivity contribution in [2.45, 2.75) is 38.7 Å². The molecule has 0 radical (unpaired) electrons. The van der Waals surface area contributed by atoms with Gasteiger partial charge in [-0.25, -0.2) is 4.39 Å². The molecule has 0 bridgehead atoms. The first-order chi connectivity index (χ1) is 9.19. The molecule has 1 aliphatic rings. The van der Waals surface area contributed by atoms with Crippen LogP contribution in [0.4, 0.5) is 4.39 Å². The lowest BCUT2D eigenvalue weighted by atomic mass is 9.87. The van der Waals surface area contributed by atoms with Crippen molar-refractivity contribution in [1.82, 2.24) is 0 Å². The Hall–Kier alpha value is -1.58. The van der Waals surface area contributed by atoms with Crippen molar-refractivity contribution in [2.75, 3.05) is 6.61 Å². The number of halogens is 1. The molecule has 19 heavy (non-hydrogen) atoms. The van der Waals surface area contributed by atoms with E-state index >= 15 is 0 Å². The number of hydrogen-bond acceptors (Lipinski definition) is 3. The summed E-state index contributed by atoms with van der Waals surface area (Å²) in [6, 6.07) is 6.04. The summed E-state index contributed by atoms with van der Waals surface area (Å²) in [5, 5.41) is 0. The molecule has 0 amide bonds. The Balaban J connectivity index is 1.80. The van der Waals surface area contributed by atoms with E-state index in [1.54, 1.807) is 12.1 Å². The van der Waals surface area contributed by atoms with Gasteiger partial charge in [-0.1, -0.05) is 0 Å². The maximum Gasteiger partial charge on any atom is 0.308 e. The maximum absolute atomic E-state index is 12.8. The predicted molar refractivity (Wildman–Crippen MR) is 69.4 cm³/mol. The van der Waals surface area contributed by atoms with Gasteiger partial charge in [0, 0.05) is 0 Å². The molecule has 4 heteroatoms. The summed E-state index contributed by atoms with van der Waals surface area (Å²) in [5.74, 6) is 0.329. The van der Waals surface area contributed by atoms with E-state index in [0.717, 1.165) is 25.7 Å². The molecular weight excluding hydrogens is 247 g/mol. The van der Waals surface area contributed by atoms with Gasteiger partial charge in [0.25, 0.3) is 0 Å². The second-order valence-electron chi connectivity index (χ2n) is 4.80. The van der Waals surface area contributed by atoms with Gasteiger partial charge in [-0.3, -0.25) is 4.79 Å². The second-order valence-corrected chi connectivity index (χ2v) is 4.80. The first-order valence-electron chi connectivity index (χ1n) is 6.78. The minimum atomic E-state index is -0.265. The Morgan fingerprint density at radius 1 is 1.21 bits per heavy atom. The van der Waals surface area contributed by atoms with Crippen molar-refractivity contribution >= 4 is 5.97 Å².